The van der Waals surface area contributed by atoms with Gasteiger partial charge in [-0.1, -0.05) is 36.4 Å². The molecule has 0 saturated carbocycles. The summed E-state index contributed by atoms with van der Waals surface area (Å²) in [7, 11) is -1.19. The van der Waals surface area contributed by atoms with Gasteiger partial charge in [-0.2, -0.15) is 0 Å². The van der Waals surface area contributed by atoms with Crippen LogP contribution >= 0.6 is 0 Å². The lowest BCUT2D eigenvalue weighted by molar-refractivity contribution is -0.00730. The molecule has 0 amide bonds. The Kier molecular flexibility index (Phi) is 6.27. The maximum absolute atomic E-state index is 11.8. The number of piperidine rings is 1. The van der Waals surface area contributed by atoms with E-state index >= 15 is 0 Å². The van der Waals surface area contributed by atoms with Gasteiger partial charge in [0, 0.05) is 55.3 Å². The van der Waals surface area contributed by atoms with Crippen molar-refractivity contribution in [2.75, 3.05) is 19.3 Å². The molecule has 0 aliphatic carbocycles. The Hall–Kier alpha value is -3.00. The van der Waals surface area contributed by atoms with Gasteiger partial charge in [0.25, 0.3) is 0 Å². The molecule has 1 aliphatic heterocycles. The highest BCUT2D eigenvalue weighted by Crippen LogP contribution is 2.32. The average molecular weight is 504 g/mol. The van der Waals surface area contributed by atoms with E-state index in [1.165, 1.54) is 11.8 Å². The van der Waals surface area contributed by atoms with Crippen LogP contribution in [0.5, 0.6) is 0 Å². The average Bonchev–Trinajstić information content (AvgIpc) is 3.17. The quantitative estimate of drug-likeness (QED) is 0.416. The van der Waals surface area contributed by atoms with Gasteiger partial charge in [-0.05, 0) is 62.1 Å². The summed E-state index contributed by atoms with van der Waals surface area (Å²) in [6, 6.07) is 19.9. The highest BCUT2D eigenvalue weighted by molar-refractivity contribution is 7.90. The van der Waals surface area contributed by atoms with E-state index < -0.39 is 15.4 Å². The van der Waals surface area contributed by atoms with Crippen LogP contribution in [0.3, 0.4) is 0 Å². The lowest BCUT2D eigenvalue weighted by Gasteiger charge is -2.35. The van der Waals surface area contributed by atoms with Crippen molar-refractivity contribution in [1.82, 2.24) is 14.5 Å². The number of nitrogens with zero attached hydrogens (tertiary/aromatic N) is 3. The third-order valence-corrected chi connectivity index (χ3v) is 8.53. The first-order valence-electron chi connectivity index (χ1n) is 12.3. The number of sulfone groups is 1. The van der Waals surface area contributed by atoms with Crippen molar-refractivity contribution < 1.29 is 13.5 Å². The summed E-state index contributed by atoms with van der Waals surface area (Å²) in [5, 5.41) is 11.3. The first-order chi connectivity index (χ1) is 17.0. The molecule has 36 heavy (non-hydrogen) atoms. The molecule has 0 bridgehead atoms. The van der Waals surface area contributed by atoms with Crippen molar-refractivity contribution in [3.05, 3.63) is 71.9 Å². The number of aryl methyl sites for hydroxylation is 2. The van der Waals surface area contributed by atoms with E-state index in [1.54, 1.807) is 12.1 Å². The van der Waals surface area contributed by atoms with Crippen LogP contribution in [0.4, 0.5) is 0 Å². The Bertz CT molecular complexity index is 1510. The number of hydrogen-bond donors (Lipinski definition) is 1. The number of rotatable bonds is 5. The van der Waals surface area contributed by atoms with E-state index in [4.69, 9.17) is 4.98 Å². The van der Waals surface area contributed by atoms with Crippen molar-refractivity contribution in [3.8, 4) is 22.5 Å². The Morgan fingerprint density at radius 1 is 0.972 bits per heavy atom. The maximum atomic E-state index is 11.8. The van der Waals surface area contributed by atoms with E-state index in [0.29, 0.717) is 4.90 Å². The van der Waals surface area contributed by atoms with Gasteiger partial charge in [0.2, 0.25) is 0 Å². The normalized spacial score (nSPS) is 16.5. The molecule has 0 atom stereocenters. The van der Waals surface area contributed by atoms with Gasteiger partial charge in [0.05, 0.1) is 21.7 Å². The largest absolute Gasteiger partial charge is 0.390 e. The third-order valence-electron chi connectivity index (χ3n) is 7.40. The predicted molar refractivity (Wildman–Crippen MR) is 145 cm³/mol. The lowest BCUT2D eigenvalue weighted by atomic mass is 9.93. The van der Waals surface area contributed by atoms with Crippen molar-refractivity contribution in [2.45, 2.75) is 43.7 Å². The molecule has 6 nitrogen and oxygen atoms in total. The fourth-order valence-electron chi connectivity index (χ4n) is 5.01. The fraction of sp³-hybridized carbons (Fsp3) is 0.345. The number of likely N-dealkylation sites (tertiary alicyclic amines) is 1. The van der Waals surface area contributed by atoms with Crippen LogP contribution in [0.1, 0.15) is 31.0 Å². The highest BCUT2D eigenvalue weighted by atomic mass is 32.2. The standard InChI is InChI=1S/C29H33N3O3S/c1-20-25-17-27(23-9-11-24(12-10-23)36(4,34)35)31(3)28(25)18-26(30-20)22-7-5-21(6-8-22)19-32-15-13-29(2,33)14-16-32/h5-12,17-18,33H,13-16,19H2,1-4H3. The second kappa shape index (κ2) is 9.14. The molecule has 1 N–H and O–H groups in total. The van der Waals surface area contributed by atoms with E-state index in [2.05, 4.69) is 45.9 Å². The molecule has 2 aromatic heterocycles. The molecule has 5 rings (SSSR count). The third kappa shape index (κ3) is 4.96. The molecular formula is C29H33N3O3S. The van der Waals surface area contributed by atoms with Gasteiger partial charge < -0.3 is 9.67 Å². The number of hydrogen-bond acceptors (Lipinski definition) is 5. The Morgan fingerprint density at radius 3 is 2.19 bits per heavy atom. The fourth-order valence-corrected chi connectivity index (χ4v) is 5.65. The Balaban J connectivity index is 1.40. The van der Waals surface area contributed by atoms with Gasteiger partial charge in [0.15, 0.2) is 9.84 Å². The number of pyridine rings is 1. The zero-order chi connectivity index (χ0) is 25.7. The smallest absolute Gasteiger partial charge is 0.175 e. The van der Waals surface area contributed by atoms with Gasteiger partial charge in [-0.3, -0.25) is 9.88 Å². The zero-order valence-electron chi connectivity index (χ0n) is 21.3. The SMILES string of the molecule is Cc1nc(-c2ccc(CN3CCC(C)(O)CC3)cc2)cc2c1cc(-c1ccc(S(C)(=O)=O)cc1)n2C. The predicted octanol–water partition coefficient (Wildman–Crippen LogP) is 4.97. The molecule has 2 aromatic carbocycles. The zero-order valence-corrected chi connectivity index (χ0v) is 22.1. The van der Waals surface area contributed by atoms with Gasteiger partial charge in [0.1, 0.15) is 0 Å². The molecule has 0 unspecified atom stereocenters. The summed E-state index contributed by atoms with van der Waals surface area (Å²) in [5.74, 6) is 0. The molecule has 0 radical (unpaired) electrons. The number of aliphatic hydroxyl groups is 1. The van der Waals surface area contributed by atoms with Crippen LogP contribution in [-0.2, 0) is 23.4 Å². The minimum atomic E-state index is -3.23. The number of benzene rings is 2. The first kappa shape index (κ1) is 24.7. The van der Waals surface area contributed by atoms with Crippen molar-refractivity contribution >= 4 is 20.7 Å². The molecule has 1 fully saturated rings. The molecule has 3 heterocycles. The molecule has 1 saturated heterocycles. The minimum Gasteiger partial charge on any atom is -0.390 e. The number of aromatic nitrogens is 2. The number of fused-ring (bicyclic) bond motifs is 1. The van der Waals surface area contributed by atoms with Crippen LogP contribution in [0.2, 0.25) is 0 Å². The Labute approximate surface area is 213 Å². The van der Waals surface area contributed by atoms with Crippen LogP contribution in [0.25, 0.3) is 33.4 Å². The van der Waals surface area contributed by atoms with E-state index in [0.717, 1.165) is 71.6 Å². The van der Waals surface area contributed by atoms with Crippen LogP contribution in [0, 0.1) is 6.92 Å². The lowest BCUT2D eigenvalue weighted by Crippen LogP contribution is -2.41. The van der Waals surface area contributed by atoms with Gasteiger partial charge in [-0.15, -0.1) is 0 Å². The summed E-state index contributed by atoms with van der Waals surface area (Å²) in [6.07, 6.45) is 2.85. The van der Waals surface area contributed by atoms with Crippen LogP contribution in [0.15, 0.2) is 65.6 Å². The Morgan fingerprint density at radius 2 is 1.58 bits per heavy atom. The monoisotopic (exact) mass is 503 g/mol. The molecule has 4 aromatic rings. The first-order valence-corrected chi connectivity index (χ1v) is 14.2. The van der Waals surface area contributed by atoms with Gasteiger partial charge >= 0.3 is 0 Å². The summed E-state index contributed by atoms with van der Waals surface area (Å²) in [5.41, 5.74) is 6.77. The second-order valence-electron chi connectivity index (χ2n) is 10.4. The maximum Gasteiger partial charge on any atom is 0.175 e. The van der Waals surface area contributed by atoms with Gasteiger partial charge in [-0.25, -0.2) is 8.42 Å². The summed E-state index contributed by atoms with van der Waals surface area (Å²) in [4.78, 5) is 7.61. The topological polar surface area (TPSA) is 75.4 Å². The van der Waals surface area contributed by atoms with Crippen molar-refractivity contribution in [3.63, 3.8) is 0 Å². The molecule has 1 aliphatic rings. The molecule has 0 spiro atoms. The van der Waals surface area contributed by atoms with Crippen molar-refractivity contribution in [2.24, 2.45) is 7.05 Å². The summed E-state index contributed by atoms with van der Waals surface area (Å²) < 4.78 is 25.8. The second-order valence-corrected chi connectivity index (χ2v) is 12.4. The minimum absolute atomic E-state index is 0.320. The molecular weight excluding hydrogens is 470 g/mol. The van der Waals surface area contributed by atoms with Crippen LogP contribution < -0.4 is 0 Å². The van der Waals surface area contributed by atoms with E-state index in [9.17, 15) is 13.5 Å². The van der Waals surface area contributed by atoms with E-state index in [-0.39, 0.29) is 0 Å². The molecule has 7 heteroatoms. The summed E-state index contributed by atoms with van der Waals surface area (Å²) >= 11 is 0. The van der Waals surface area contributed by atoms with Crippen molar-refractivity contribution in [1.29, 1.82) is 0 Å². The van der Waals surface area contributed by atoms with E-state index in [1.807, 2.05) is 33.0 Å². The molecule has 188 valence electrons. The summed E-state index contributed by atoms with van der Waals surface area (Å²) in [6.45, 7) is 6.68. The van der Waals surface area contributed by atoms with Crippen LogP contribution in [-0.4, -0.2) is 52.9 Å². The highest BCUT2D eigenvalue weighted by Gasteiger charge is 2.27.